The zero-order valence-electron chi connectivity index (χ0n) is 12.5. The smallest absolute Gasteiger partial charge is 0.269 e. The highest BCUT2D eigenvalue weighted by molar-refractivity contribution is 5.96. The number of nitro benzene ring substituents is 1. The molecule has 0 fully saturated rings. The van der Waals surface area contributed by atoms with Crippen LogP contribution < -0.4 is 0 Å². The first-order valence-corrected chi connectivity index (χ1v) is 7.05. The Morgan fingerprint density at radius 1 is 1.00 bits per heavy atom. The van der Waals surface area contributed by atoms with Crippen molar-refractivity contribution in [1.82, 2.24) is 0 Å². The van der Waals surface area contributed by atoms with Crippen LogP contribution in [0.3, 0.4) is 0 Å². The third-order valence-corrected chi connectivity index (χ3v) is 3.57. The summed E-state index contributed by atoms with van der Waals surface area (Å²) < 4.78 is 0. The molecule has 1 unspecified atom stereocenters. The Kier molecular flexibility index (Phi) is 5.20. The summed E-state index contributed by atoms with van der Waals surface area (Å²) in [5.41, 5.74) is 0.705. The lowest BCUT2D eigenvalue weighted by atomic mass is 9.91. The SMILES string of the molecule is O=C(CC(C[N+](=O)[O-])c1ccc([N+](=O)[O-])cc1)c1ccc(O)cc1. The number of aromatic hydroxyl groups is 1. The van der Waals surface area contributed by atoms with E-state index in [1.54, 1.807) is 0 Å². The van der Waals surface area contributed by atoms with Gasteiger partial charge in [0.1, 0.15) is 5.75 Å². The first-order valence-electron chi connectivity index (χ1n) is 7.05. The summed E-state index contributed by atoms with van der Waals surface area (Å²) in [6, 6.07) is 11.0. The van der Waals surface area contributed by atoms with Gasteiger partial charge in [-0.05, 0) is 29.8 Å². The second-order valence-corrected chi connectivity index (χ2v) is 5.24. The van der Waals surface area contributed by atoms with Crippen molar-refractivity contribution < 1.29 is 19.7 Å². The van der Waals surface area contributed by atoms with E-state index in [9.17, 15) is 30.1 Å². The van der Waals surface area contributed by atoms with Gasteiger partial charge in [0.2, 0.25) is 6.54 Å². The summed E-state index contributed by atoms with van der Waals surface area (Å²) in [5, 5.41) is 30.8. The van der Waals surface area contributed by atoms with Gasteiger partial charge < -0.3 is 5.11 Å². The fourth-order valence-electron chi connectivity index (χ4n) is 2.32. The highest BCUT2D eigenvalue weighted by atomic mass is 16.6. The van der Waals surface area contributed by atoms with Gasteiger partial charge in [-0.25, -0.2) is 0 Å². The normalized spacial score (nSPS) is 11.7. The number of rotatable bonds is 7. The molecule has 24 heavy (non-hydrogen) atoms. The van der Waals surface area contributed by atoms with Crippen molar-refractivity contribution in [2.24, 2.45) is 0 Å². The van der Waals surface area contributed by atoms with Gasteiger partial charge in [0.05, 0.1) is 10.8 Å². The van der Waals surface area contributed by atoms with Crippen molar-refractivity contribution in [2.45, 2.75) is 12.3 Å². The van der Waals surface area contributed by atoms with Gasteiger partial charge in [-0.2, -0.15) is 0 Å². The maximum atomic E-state index is 12.3. The van der Waals surface area contributed by atoms with Gasteiger partial charge in [-0.1, -0.05) is 12.1 Å². The molecule has 0 heterocycles. The molecule has 0 spiro atoms. The molecule has 2 aromatic rings. The van der Waals surface area contributed by atoms with Crippen molar-refractivity contribution >= 4 is 11.5 Å². The molecule has 0 amide bonds. The van der Waals surface area contributed by atoms with E-state index in [0.717, 1.165) is 0 Å². The highest BCUT2D eigenvalue weighted by Crippen LogP contribution is 2.25. The van der Waals surface area contributed by atoms with E-state index in [1.807, 2.05) is 0 Å². The van der Waals surface area contributed by atoms with E-state index >= 15 is 0 Å². The molecule has 1 atom stereocenters. The topological polar surface area (TPSA) is 124 Å². The summed E-state index contributed by atoms with van der Waals surface area (Å²) >= 11 is 0. The molecule has 2 rings (SSSR count). The van der Waals surface area contributed by atoms with Gasteiger partial charge in [-0.15, -0.1) is 0 Å². The molecule has 0 aliphatic rings. The number of Topliss-reactive ketones (excluding diaryl/α,β-unsaturated/α-hetero) is 1. The average Bonchev–Trinajstić information content (AvgIpc) is 2.54. The third kappa shape index (κ3) is 4.35. The average molecular weight is 330 g/mol. The van der Waals surface area contributed by atoms with Crippen LogP contribution in [0, 0.1) is 20.2 Å². The number of carbonyl (C=O) groups excluding carboxylic acids is 1. The van der Waals surface area contributed by atoms with Crippen LogP contribution in [0.2, 0.25) is 0 Å². The summed E-state index contributed by atoms with van der Waals surface area (Å²) in [6.45, 7) is -0.457. The van der Waals surface area contributed by atoms with Gasteiger partial charge in [-0.3, -0.25) is 25.0 Å². The minimum atomic E-state index is -0.692. The Bertz CT molecular complexity index is 755. The van der Waals surface area contributed by atoms with E-state index < -0.39 is 22.3 Å². The van der Waals surface area contributed by atoms with Crippen LogP contribution in [0.1, 0.15) is 28.3 Å². The number of hydrogen-bond acceptors (Lipinski definition) is 6. The maximum absolute atomic E-state index is 12.3. The molecule has 0 radical (unpaired) electrons. The molecule has 0 aliphatic carbocycles. The second-order valence-electron chi connectivity index (χ2n) is 5.24. The van der Waals surface area contributed by atoms with Crippen molar-refractivity contribution in [1.29, 1.82) is 0 Å². The number of non-ortho nitro benzene ring substituents is 1. The Labute approximate surface area is 136 Å². The molecule has 8 nitrogen and oxygen atoms in total. The Morgan fingerprint density at radius 3 is 2.08 bits per heavy atom. The number of benzene rings is 2. The third-order valence-electron chi connectivity index (χ3n) is 3.57. The summed E-state index contributed by atoms with van der Waals surface area (Å²) in [7, 11) is 0. The number of phenolic OH excluding ortho intramolecular Hbond substituents is 1. The van der Waals surface area contributed by atoms with Gasteiger partial charge in [0.15, 0.2) is 5.78 Å². The van der Waals surface area contributed by atoms with Crippen LogP contribution in [0.5, 0.6) is 5.75 Å². The number of nitrogens with zero attached hydrogens (tertiary/aromatic N) is 2. The quantitative estimate of drug-likeness (QED) is 0.473. The summed E-state index contributed by atoms with van der Waals surface area (Å²) in [6.07, 6.45) is -0.108. The summed E-state index contributed by atoms with van der Waals surface area (Å²) in [4.78, 5) is 32.8. The molecular weight excluding hydrogens is 316 g/mol. The molecule has 2 aromatic carbocycles. The van der Waals surface area contributed by atoms with Crippen LogP contribution in [-0.2, 0) is 0 Å². The number of carbonyl (C=O) groups is 1. The van der Waals surface area contributed by atoms with Crippen molar-refractivity contribution in [3.05, 3.63) is 79.9 Å². The molecule has 0 aromatic heterocycles. The van der Waals surface area contributed by atoms with Gasteiger partial charge in [0.25, 0.3) is 5.69 Å². The lowest BCUT2D eigenvalue weighted by molar-refractivity contribution is -0.483. The summed E-state index contributed by atoms with van der Waals surface area (Å²) in [5.74, 6) is -0.980. The standard InChI is InChI=1S/C16H14N2O6/c19-15-7-3-12(4-8-15)16(20)9-13(10-17(21)22)11-1-5-14(6-2-11)18(23)24/h1-8,13,19H,9-10H2. The molecule has 0 bridgehead atoms. The van der Waals surface area contributed by atoms with E-state index in [4.69, 9.17) is 0 Å². The van der Waals surface area contributed by atoms with Crippen LogP contribution in [0.25, 0.3) is 0 Å². The van der Waals surface area contributed by atoms with Crippen LogP contribution in [0.15, 0.2) is 48.5 Å². The maximum Gasteiger partial charge on any atom is 0.269 e. The minimum Gasteiger partial charge on any atom is -0.508 e. The molecule has 0 aliphatic heterocycles. The van der Waals surface area contributed by atoms with E-state index in [0.29, 0.717) is 11.1 Å². The molecule has 0 saturated carbocycles. The molecular formula is C16H14N2O6. The van der Waals surface area contributed by atoms with Crippen LogP contribution in [-0.4, -0.2) is 27.3 Å². The van der Waals surface area contributed by atoms with E-state index in [1.165, 1.54) is 48.5 Å². The monoisotopic (exact) mass is 330 g/mol. The predicted octanol–water partition coefficient (Wildman–Crippen LogP) is 2.93. The zero-order chi connectivity index (χ0) is 17.7. The van der Waals surface area contributed by atoms with E-state index in [-0.39, 0.29) is 23.6 Å². The van der Waals surface area contributed by atoms with Crippen molar-refractivity contribution in [3.63, 3.8) is 0 Å². The van der Waals surface area contributed by atoms with Gasteiger partial charge in [0, 0.05) is 29.0 Å². The van der Waals surface area contributed by atoms with Crippen molar-refractivity contribution in [2.75, 3.05) is 6.54 Å². The number of nitro groups is 2. The van der Waals surface area contributed by atoms with Crippen LogP contribution in [0.4, 0.5) is 5.69 Å². The number of hydrogen-bond donors (Lipinski definition) is 1. The first kappa shape index (κ1) is 17.1. The molecule has 0 saturated heterocycles. The zero-order valence-corrected chi connectivity index (χ0v) is 12.5. The fourth-order valence-corrected chi connectivity index (χ4v) is 2.32. The van der Waals surface area contributed by atoms with Crippen LogP contribution >= 0.6 is 0 Å². The molecule has 124 valence electrons. The number of ketones is 1. The van der Waals surface area contributed by atoms with Gasteiger partial charge >= 0.3 is 0 Å². The highest BCUT2D eigenvalue weighted by Gasteiger charge is 2.23. The van der Waals surface area contributed by atoms with E-state index in [2.05, 4.69) is 0 Å². The Hall–Kier alpha value is -3.29. The Balaban J connectivity index is 2.21. The second kappa shape index (κ2) is 7.32. The fraction of sp³-hybridized carbons (Fsp3) is 0.188. The minimum absolute atomic E-state index is 0.0174. The number of phenols is 1. The Morgan fingerprint density at radius 2 is 1.58 bits per heavy atom. The predicted molar refractivity (Wildman–Crippen MR) is 84.8 cm³/mol. The van der Waals surface area contributed by atoms with Crippen molar-refractivity contribution in [3.8, 4) is 5.75 Å². The molecule has 8 heteroatoms. The lowest BCUT2D eigenvalue weighted by Gasteiger charge is -2.12. The lowest BCUT2D eigenvalue weighted by Crippen LogP contribution is -2.16. The first-order chi connectivity index (χ1) is 11.4. The largest absolute Gasteiger partial charge is 0.508 e. The molecule has 1 N–H and O–H groups in total.